The molecule has 22 heavy (non-hydrogen) atoms. The highest BCUT2D eigenvalue weighted by atomic mass is 19.1. The summed E-state index contributed by atoms with van der Waals surface area (Å²) in [7, 11) is 0. The number of amides is 1. The molecule has 1 heterocycles. The number of nitrogens with zero attached hydrogens (tertiary/aromatic N) is 2. The standard InChI is InChI=1S/C16H20FN3O2/c1-3-8-20-11(2)14(9-18-20)16(22)19-15(10-21)12-4-6-13(17)7-5-12/h4-7,9,15,21H,3,8,10H2,1-2H3,(H,19,22). The van der Waals surface area contributed by atoms with Gasteiger partial charge in [-0.25, -0.2) is 4.39 Å². The summed E-state index contributed by atoms with van der Waals surface area (Å²) in [6.45, 7) is 4.36. The molecule has 5 nitrogen and oxygen atoms in total. The maximum Gasteiger partial charge on any atom is 0.255 e. The Balaban J connectivity index is 2.14. The first-order valence-electron chi connectivity index (χ1n) is 7.26. The van der Waals surface area contributed by atoms with Gasteiger partial charge in [0.15, 0.2) is 0 Å². The lowest BCUT2D eigenvalue weighted by Gasteiger charge is -2.16. The minimum absolute atomic E-state index is 0.264. The number of hydrogen-bond donors (Lipinski definition) is 2. The molecule has 0 saturated heterocycles. The SMILES string of the molecule is CCCn1ncc(C(=O)NC(CO)c2ccc(F)cc2)c1C. The van der Waals surface area contributed by atoms with Gasteiger partial charge in [0.1, 0.15) is 5.82 Å². The van der Waals surface area contributed by atoms with Crippen molar-refractivity contribution in [2.24, 2.45) is 0 Å². The molecule has 0 radical (unpaired) electrons. The zero-order valence-electron chi connectivity index (χ0n) is 12.7. The number of halogens is 1. The van der Waals surface area contributed by atoms with Crippen molar-refractivity contribution in [2.75, 3.05) is 6.61 Å². The Bertz CT molecular complexity index is 637. The molecular weight excluding hydrogens is 285 g/mol. The molecule has 1 aromatic heterocycles. The Morgan fingerprint density at radius 1 is 1.41 bits per heavy atom. The zero-order valence-corrected chi connectivity index (χ0v) is 12.7. The van der Waals surface area contributed by atoms with Crippen LogP contribution in [0, 0.1) is 12.7 Å². The van der Waals surface area contributed by atoms with Crippen LogP contribution < -0.4 is 5.32 Å². The summed E-state index contributed by atoms with van der Waals surface area (Å²) in [4.78, 5) is 12.3. The summed E-state index contributed by atoms with van der Waals surface area (Å²) in [6.07, 6.45) is 2.46. The van der Waals surface area contributed by atoms with Gasteiger partial charge in [-0.15, -0.1) is 0 Å². The van der Waals surface area contributed by atoms with Crippen LogP contribution in [0.4, 0.5) is 4.39 Å². The fourth-order valence-corrected chi connectivity index (χ4v) is 2.27. The van der Waals surface area contributed by atoms with Crippen molar-refractivity contribution in [2.45, 2.75) is 32.9 Å². The number of aliphatic hydroxyl groups excluding tert-OH is 1. The molecule has 0 spiro atoms. The van der Waals surface area contributed by atoms with Gasteiger partial charge in [-0.05, 0) is 31.0 Å². The molecule has 1 atom stereocenters. The lowest BCUT2D eigenvalue weighted by molar-refractivity contribution is 0.0915. The lowest BCUT2D eigenvalue weighted by atomic mass is 10.1. The lowest BCUT2D eigenvalue weighted by Crippen LogP contribution is -2.31. The van der Waals surface area contributed by atoms with Crippen molar-refractivity contribution >= 4 is 5.91 Å². The van der Waals surface area contributed by atoms with Gasteiger partial charge >= 0.3 is 0 Å². The molecule has 1 unspecified atom stereocenters. The Morgan fingerprint density at radius 3 is 2.68 bits per heavy atom. The van der Waals surface area contributed by atoms with E-state index in [1.54, 1.807) is 16.8 Å². The topological polar surface area (TPSA) is 67.2 Å². The average molecular weight is 305 g/mol. The van der Waals surface area contributed by atoms with Gasteiger partial charge in [0, 0.05) is 12.2 Å². The van der Waals surface area contributed by atoms with Crippen LogP contribution in [0.15, 0.2) is 30.5 Å². The summed E-state index contributed by atoms with van der Waals surface area (Å²) in [5.74, 6) is -0.660. The van der Waals surface area contributed by atoms with E-state index in [2.05, 4.69) is 10.4 Å². The van der Waals surface area contributed by atoms with E-state index < -0.39 is 6.04 Å². The highest BCUT2D eigenvalue weighted by Crippen LogP contribution is 2.15. The molecule has 6 heteroatoms. The van der Waals surface area contributed by atoms with E-state index in [9.17, 15) is 14.3 Å². The molecule has 0 aliphatic rings. The van der Waals surface area contributed by atoms with E-state index >= 15 is 0 Å². The molecule has 0 fully saturated rings. The molecule has 2 rings (SSSR count). The molecule has 0 bridgehead atoms. The Labute approximate surface area is 128 Å². The molecule has 0 aliphatic heterocycles. The maximum absolute atomic E-state index is 12.9. The number of rotatable bonds is 6. The highest BCUT2D eigenvalue weighted by molar-refractivity contribution is 5.95. The van der Waals surface area contributed by atoms with Crippen LogP contribution in [0.3, 0.4) is 0 Å². The quantitative estimate of drug-likeness (QED) is 0.860. The van der Waals surface area contributed by atoms with E-state index in [0.717, 1.165) is 18.7 Å². The predicted molar refractivity (Wildman–Crippen MR) is 80.9 cm³/mol. The molecule has 0 aliphatic carbocycles. The minimum Gasteiger partial charge on any atom is -0.394 e. The van der Waals surface area contributed by atoms with Crippen LogP contribution >= 0.6 is 0 Å². The van der Waals surface area contributed by atoms with E-state index in [4.69, 9.17) is 0 Å². The molecule has 1 aromatic carbocycles. The maximum atomic E-state index is 12.9. The molecule has 2 aromatic rings. The summed E-state index contributed by atoms with van der Waals surface area (Å²) in [6, 6.07) is 5.11. The number of hydrogen-bond acceptors (Lipinski definition) is 3. The van der Waals surface area contributed by atoms with Gasteiger partial charge in [0.05, 0.1) is 24.4 Å². The molecule has 118 valence electrons. The third-order valence-electron chi connectivity index (χ3n) is 3.54. The smallest absolute Gasteiger partial charge is 0.255 e. The average Bonchev–Trinajstić information content (AvgIpc) is 2.87. The van der Waals surface area contributed by atoms with Crippen LogP contribution in [0.5, 0.6) is 0 Å². The first-order chi connectivity index (χ1) is 10.6. The van der Waals surface area contributed by atoms with Crippen molar-refractivity contribution < 1.29 is 14.3 Å². The van der Waals surface area contributed by atoms with Crippen LogP contribution in [-0.2, 0) is 6.54 Å². The minimum atomic E-state index is -0.581. The van der Waals surface area contributed by atoms with Gasteiger partial charge in [0.2, 0.25) is 0 Å². The second-order valence-corrected chi connectivity index (χ2v) is 5.13. The van der Waals surface area contributed by atoms with E-state index in [0.29, 0.717) is 11.1 Å². The normalized spacial score (nSPS) is 12.2. The summed E-state index contributed by atoms with van der Waals surface area (Å²) in [5, 5.41) is 16.4. The van der Waals surface area contributed by atoms with Gasteiger partial charge in [0.25, 0.3) is 5.91 Å². The largest absolute Gasteiger partial charge is 0.394 e. The Morgan fingerprint density at radius 2 is 2.09 bits per heavy atom. The van der Waals surface area contributed by atoms with Gasteiger partial charge < -0.3 is 10.4 Å². The van der Waals surface area contributed by atoms with Crippen molar-refractivity contribution in [1.29, 1.82) is 0 Å². The zero-order chi connectivity index (χ0) is 16.1. The van der Waals surface area contributed by atoms with Gasteiger partial charge in [-0.3, -0.25) is 9.48 Å². The number of carbonyl (C=O) groups is 1. The first kappa shape index (κ1) is 16.2. The third kappa shape index (κ3) is 3.51. The van der Waals surface area contributed by atoms with E-state index in [1.165, 1.54) is 18.3 Å². The summed E-state index contributed by atoms with van der Waals surface area (Å²) < 4.78 is 14.7. The van der Waals surface area contributed by atoms with Crippen LogP contribution in [0.1, 0.15) is 41.0 Å². The number of carbonyl (C=O) groups excluding carboxylic acids is 1. The van der Waals surface area contributed by atoms with Gasteiger partial charge in [-0.2, -0.15) is 5.10 Å². The predicted octanol–water partition coefficient (Wildman–Crippen LogP) is 2.20. The monoisotopic (exact) mass is 305 g/mol. The first-order valence-corrected chi connectivity index (χ1v) is 7.26. The fraction of sp³-hybridized carbons (Fsp3) is 0.375. The van der Waals surface area contributed by atoms with Crippen molar-refractivity contribution in [3.8, 4) is 0 Å². The van der Waals surface area contributed by atoms with Crippen LogP contribution in [-0.4, -0.2) is 27.4 Å². The number of aromatic nitrogens is 2. The van der Waals surface area contributed by atoms with Crippen molar-refractivity contribution in [3.63, 3.8) is 0 Å². The van der Waals surface area contributed by atoms with Crippen molar-refractivity contribution in [1.82, 2.24) is 15.1 Å². The van der Waals surface area contributed by atoms with E-state index in [-0.39, 0.29) is 18.3 Å². The second kappa shape index (κ2) is 7.17. The summed E-state index contributed by atoms with van der Waals surface area (Å²) >= 11 is 0. The molecule has 0 saturated carbocycles. The molecule has 2 N–H and O–H groups in total. The molecular formula is C16H20FN3O2. The van der Waals surface area contributed by atoms with Crippen molar-refractivity contribution in [3.05, 3.63) is 53.1 Å². The number of nitrogens with one attached hydrogen (secondary N) is 1. The fourth-order valence-electron chi connectivity index (χ4n) is 2.27. The number of benzene rings is 1. The molecule has 1 amide bonds. The summed E-state index contributed by atoms with van der Waals surface area (Å²) in [5.41, 5.74) is 1.92. The highest BCUT2D eigenvalue weighted by Gasteiger charge is 2.18. The van der Waals surface area contributed by atoms with E-state index in [1.807, 2.05) is 13.8 Å². The second-order valence-electron chi connectivity index (χ2n) is 5.13. The Hall–Kier alpha value is -2.21. The van der Waals surface area contributed by atoms with Gasteiger partial charge in [-0.1, -0.05) is 19.1 Å². The van der Waals surface area contributed by atoms with Crippen LogP contribution in [0.2, 0.25) is 0 Å². The van der Waals surface area contributed by atoms with Crippen LogP contribution in [0.25, 0.3) is 0 Å². The number of aliphatic hydroxyl groups is 1. The Kier molecular flexibility index (Phi) is 5.27. The third-order valence-corrected chi connectivity index (χ3v) is 3.54. The number of aryl methyl sites for hydroxylation is 1.